The van der Waals surface area contributed by atoms with Crippen LogP contribution in [0.4, 0.5) is 4.79 Å². The van der Waals surface area contributed by atoms with Crippen molar-refractivity contribution in [3.05, 3.63) is 59.7 Å². The average molecular weight is 437 g/mol. The Kier molecular flexibility index (Phi) is 7.05. The summed E-state index contributed by atoms with van der Waals surface area (Å²) in [6.45, 7) is 4.83. The van der Waals surface area contributed by atoms with Crippen molar-refractivity contribution in [3.8, 4) is 11.1 Å². The molecule has 3 aliphatic rings. The van der Waals surface area contributed by atoms with Crippen molar-refractivity contribution >= 4 is 23.6 Å². The van der Waals surface area contributed by atoms with E-state index in [2.05, 4.69) is 29.6 Å². The van der Waals surface area contributed by atoms with Crippen LogP contribution in [0.2, 0.25) is 0 Å². The summed E-state index contributed by atoms with van der Waals surface area (Å²) in [5.41, 5.74) is 5.74. The van der Waals surface area contributed by atoms with E-state index in [0.29, 0.717) is 18.4 Å². The lowest BCUT2D eigenvalue weighted by atomic mass is 9.95. The van der Waals surface area contributed by atoms with Gasteiger partial charge in [-0.3, -0.25) is 19.6 Å². The molecule has 0 spiro atoms. The van der Waals surface area contributed by atoms with E-state index in [-0.39, 0.29) is 11.7 Å². The number of carbonyl (C=O) groups is 4. The minimum atomic E-state index is -1.10. The summed E-state index contributed by atoms with van der Waals surface area (Å²) >= 11 is 0. The van der Waals surface area contributed by atoms with Crippen LogP contribution >= 0.6 is 0 Å². The third kappa shape index (κ3) is 4.70. The van der Waals surface area contributed by atoms with Gasteiger partial charge >= 0.3 is 6.03 Å². The molecule has 1 heterocycles. The molecule has 2 atom stereocenters. The van der Waals surface area contributed by atoms with Gasteiger partial charge in [-0.2, -0.15) is 0 Å². The molecular weight excluding hydrogens is 410 g/mol. The number of imide groups is 1. The number of benzene rings is 2. The Morgan fingerprint density at radius 3 is 2.12 bits per heavy atom. The highest BCUT2D eigenvalue weighted by atomic mass is 16.5. The summed E-state index contributed by atoms with van der Waals surface area (Å²) < 4.78 is 0. The molecule has 168 valence electrons. The molecule has 0 bridgehead atoms. The third-order valence-electron chi connectivity index (χ3n) is 5.66. The molecule has 1 aromatic carbocycles. The van der Waals surface area contributed by atoms with Gasteiger partial charge in [0.25, 0.3) is 11.8 Å². The number of hydrogen-bond donors (Lipinski definition) is 3. The molecular formula is C24H27N3O5. The maximum atomic E-state index is 12.6. The molecule has 3 N–H and O–H groups in total. The molecule has 1 aromatic rings. The van der Waals surface area contributed by atoms with Crippen molar-refractivity contribution in [2.45, 2.75) is 45.7 Å². The van der Waals surface area contributed by atoms with Crippen LogP contribution in [0, 0.1) is 5.92 Å². The molecule has 32 heavy (non-hydrogen) atoms. The fraction of sp³-hybridized carbons (Fsp3) is 0.333. The minimum Gasteiger partial charge on any atom is -0.326 e. The Balaban J connectivity index is 0.000000405. The molecule has 8 nitrogen and oxygen atoms in total. The van der Waals surface area contributed by atoms with Crippen LogP contribution in [-0.4, -0.2) is 45.8 Å². The zero-order valence-electron chi connectivity index (χ0n) is 18.3. The number of Topliss-reactive ketones (excluding diaryl/α,β-unsaturated/α-hetero) is 1. The summed E-state index contributed by atoms with van der Waals surface area (Å²) in [5, 5.41) is 11.5. The maximum Gasteiger partial charge on any atom is 0.325 e. The number of aryl methyl sites for hydroxylation is 1. The number of nitrogens with one attached hydrogen (secondary N) is 2. The highest BCUT2D eigenvalue weighted by Crippen LogP contribution is 2.29. The Morgan fingerprint density at radius 1 is 1.06 bits per heavy atom. The molecule has 1 aliphatic heterocycles. The van der Waals surface area contributed by atoms with Crippen molar-refractivity contribution in [1.29, 1.82) is 0 Å². The zero-order chi connectivity index (χ0) is 23.4. The third-order valence-corrected chi connectivity index (χ3v) is 5.66. The molecule has 4 rings (SSSR count). The van der Waals surface area contributed by atoms with E-state index < -0.39 is 29.9 Å². The first-order chi connectivity index (χ1) is 15.2. The summed E-state index contributed by atoms with van der Waals surface area (Å²) in [7, 11) is 0. The van der Waals surface area contributed by atoms with Gasteiger partial charge in [-0.15, -0.1) is 0 Å². The molecule has 1 fully saturated rings. The first-order valence-electron chi connectivity index (χ1n) is 10.5. The molecule has 4 amide bonds. The number of carbonyl (C=O) groups excluding carboxylic acids is 4. The van der Waals surface area contributed by atoms with Gasteiger partial charge in [0.2, 0.25) is 0 Å². The number of amides is 4. The van der Waals surface area contributed by atoms with E-state index >= 15 is 0 Å². The normalized spacial score (nSPS) is 16.8. The van der Waals surface area contributed by atoms with Crippen LogP contribution in [0.3, 0.4) is 0 Å². The van der Waals surface area contributed by atoms with Gasteiger partial charge in [0.05, 0.1) is 0 Å². The molecule has 0 saturated carbocycles. The van der Waals surface area contributed by atoms with Crippen molar-refractivity contribution in [2.24, 2.45) is 5.92 Å². The fourth-order valence-corrected chi connectivity index (χ4v) is 3.84. The summed E-state index contributed by atoms with van der Waals surface area (Å²) in [6, 6.07) is 13.1. The number of rotatable bonds is 7. The summed E-state index contributed by atoms with van der Waals surface area (Å²) in [5.74, 6) is -1.76. The lowest BCUT2D eigenvalue weighted by Gasteiger charge is -2.26. The van der Waals surface area contributed by atoms with Crippen molar-refractivity contribution in [2.75, 3.05) is 0 Å². The van der Waals surface area contributed by atoms with Gasteiger partial charge in [-0.1, -0.05) is 62.4 Å². The monoisotopic (exact) mass is 437 g/mol. The molecule has 2 unspecified atom stereocenters. The predicted octanol–water partition coefficient (Wildman–Crippen LogP) is 2.94. The van der Waals surface area contributed by atoms with Gasteiger partial charge in [-0.05, 0) is 42.4 Å². The Bertz CT molecular complexity index is 1010. The minimum absolute atomic E-state index is 0.0662. The maximum absolute atomic E-state index is 12.6. The second kappa shape index (κ2) is 9.74. The van der Waals surface area contributed by atoms with Crippen molar-refractivity contribution < 1.29 is 24.4 Å². The number of urea groups is 1. The van der Waals surface area contributed by atoms with Gasteiger partial charge in [0, 0.05) is 5.56 Å². The molecule has 0 aromatic heterocycles. The van der Waals surface area contributed by atoms with E-state index in [1.165, 1.54) is 23.5 Å². The quantitative estimate of drug-likeness (QED) is 0.227. The lowest BCUT2D eigenvalue weighted by molar-refractivity contribution is -0.142. The summed E-state index contributed by atoms with van der Waals surface area (Å²) in [4.78, 5) is 49.3. The van der Waals surface area contributed by atoms with E-state index in [1.54, 1.807) is 26.0 Å². The Hall–Kier alpha value is -3.52. The molecule has 0 radical (unpaired) electrons. The Labute approximate surface area is 186 Å². The second-order valence-electron chi connectivity index (χ2n) is 8.20. The van der Waals surface area contributed by atoms with Gasteiger partial charge in [0.15, 0.2) is 5.78 Å². The highest BCUT2D eigenvalue weighted by molar-refractivity contribution is 6.07. The first-order valence-corrected chi connectivity index (χ1v) is 10.5. The smallest absolute Gasteiger partial charge is 0.325 e. The number of hydroxylamine groups is 1. The van der Waals surface area contributed by atoms with Crippen LogP contribution in [0.25, 0.3) is 11.1 Å². The van der Waals surface area contributed by atoms with E-state index in [0.717, 1.165) is 10.5 Å². The van der Waals surface area contributed by atoms with Crippen LogP contribution in [-0.2, 0) is 16.0 Å². The van der Waals surface area contributed by atoms with Crippen LogP contribution < -0.4 is 10.8 Å². The number of fused-ring (bicyclic) bond motifs is 1. The van der Waals surface area contributed by atoms with Crippen molar-refractivity contribution in [3.63, 3.8) is 0 Å². The average Bonchev–Trinajstić information content (AvgIpc) is 3.03. The first kappa shape index (κ1) is 23.1. The molecule has 8 heteroatoms. The number of hydrogen-bond acceptors (Lipinski definition) is 5. The second-order valence-corrected chi connectivity index (χ2v) is 8.20. The van der Waals surface area contributed by atoms with Crippen molar-refractivity contribution in [1.82, 2.24) is 15.7 Å². The molecule has 2 aliphatic carbocycles. The summed E-state index contributed by atoms with van der Waals surface area (Å²) in [6.07, 6.45) is 0.732. The standard InChI is InChI=1S/C18H23N3O5.C6H4/c1-10(2)15(16(23)20-26)21-17(24)14(19-18(21)25)9-8-12-6-4-5-7-13(12)11(3)22;1-2-6-4-3-5(1)6/h4-7,10,14-15,26H,8-9H2,1-3H3,(H,19,25)(H,20,23);1-4H. The largest absolute Gasteiger partial charge is 0.326 e. The lowest BCUT2D eigenvalue weighted by Crippen LogP contribution is -2.52. The zero-order valence-corrected chi connectivity index (χ0v) is 18.3. The van der Waals surface area contributed by atoms with Gasteiger partial charge in [-0.25, -0.2) is 15.2 Å². The van der Waals surface area contributed by atoms with Crippen LogP contribution in [0.5, 0.6) is 0 Å². The molecule has 1 saturated heterocycles. The van der Waals surface area contributed by atoms with E-state index in [1.807, 2.05) is 12.1 Å². The Morgan fingerprint density at radius 2 is 1.66 bits per heavy atom. The van der Waals surface area contributed by atoms with E-state index in [9.17, 15) is 19.2 Å². The topological polar surface area (TPSA) is 116 Å². The van der Waals surface area contributed by atoms with Gasteiger partial charge < -0.3 is 5.32 Å². The number of ketones is 1. The van der Waals surface area contributed by atoms with Gasteiger partial charge in [0.1, 0.15) is 12.1 Å². The highest BCUT2D eigenvalue weighted by Gasteiger charge is 2.45. The van der Waals surface area contributed by atoms with Crippen LogP contribution in [0.1, 0.15) is 43.1 Å². The number of nitrogens with zero attached hydrogens (tertiary/aromatic N) is 1. The SMILES string of the molecule is CC(=O)c1ccccc1CCC1NC(=O)N(C(C(=O)NO)C(C)C)C1=O.c1cc2ccc1-2. The van der Waals surface area contributed by atoms with Crippen LogP contribution in [0.15, 0.2) is 48.5 Å². The van der Waals surface area contributed by atoms with E-state index in [4.69, 9.17) is 5.21 Å². The fourth-order valence-electron chi connectivity index (χ4n) is 3.84. The predicted molar refractivity (Wildman–Crippen MR) is 118 cm³/mol.